The fourth-order valence-corrected chi connectivity index (χ4v) is 1.28. The third kappa shape index (κ3) is 5.22. The van der Waals surface area contributed by atoms with E-state index in [4.69, 9.17) is 5.11 Å². The molecule has 0 heterocycles. The second-order valence-corrected chi connectivity index (χ2v) is 3.76. The number of nitrogens with zero attached hydrogens (tertiary/aromatic N) is 1. The summed E-state index contributed by atoms with van der Waals surface area (Å²) < 4.78 is 0. The summed E-state index contributed by atoms with van der Waals surface area (Å²) in [6.45, 7) is 4.73. The zero-order chi connectivity index (χ0) is 8.85. The minimum absolute atomic E-state index is 0.301. The Balaban J connectivity index is 3.69. The first-order chi connectivity index (χ1) is 5.07. The van der Waals surface area contributed by atoms with Crippen molar-refractivity contribution in [1.29, 1.82) is 0 Å². The van der Waals surface area contributed by atoms with Crippen molar-refractivity contribution in [3.05, 3.63) is 0 Å². The van der Waals surface area contributed by atoms with Crippen LogP contribution in [-0.4, -0.2) is 36.8 Å². The van der Waals surface area contributed by atoms with E-state index in [0.29, 0.717) is 18.6 Å². The Morgan fingerprint density at radius 2 is 1.82 bits per heavy atom. The number of aliphatic hydroxyl groups is 1. The van der Waals surface area contributed by atoms with Crippen LogP contribution in [0, 0.1) is 5.92 Å². The fourth-order valence-electron chi connectivity index (χ4n) is 1.28. The number of hydrogen-bond donors (Lipinski definition) is 1. The van der Waals surface area contributed by atoms with Gasteiger partial charge in [-0.1, -0.05) is 13.8 Å². The minimum Gasteiger partial charge on any atom is -0.396 e. The van der Waals surface area contributed by atoms with E-state index in [1.807, 2.05) is 0 Å². The van der Waals surface area contributed by atoms with Gasteiger partial charge >= 0.3 is 0 Å². The lowest BCUT2D eigenvalue weighted by Gasteiger charge is -2.25. The predicted octanol–water partition coefficient (Wildman–Crippen LogP) is 1.35. The summed E-state index contributed by atoms with van der Waals surface area (Å²) in [6.07, 6.45) is 2.07. The Morgan fingerprint density at radius 3 is 2.09 bits per heavy atom. The van der Waals surface area contributed by atoms with Crippen molar-refractivity contribution in [2.75, 3.05) is 20.7 Å². The van der Waals surface area contributed by atoms with Crippen molar-refractivity contribution in [2.45, 2.75) is 32.7 Å². The molecule has 0 saturated heterocycles. The van der Waals surface area contributed by atoms with Gasteiger partial charge in [0.1, 0.15) is 0 Å². The molecule has 0 aliphatic rings. The normalized spacial score (nSPS) is 14.5. The van der Waals surface area contributed by atoms with Crippen LogP contribution in [0.3, 0.4) is 0 Å². The van der Waals surface area contributed by atoms with E-state index in [2.05, 4.69) is 32.8 Å². The molecule has 2 heteroatoms. The van der Waals surface area contributed by atoms with Crippen LogP contribution in [0.1, 0.15) is 26.7 Å². The van der Waals surface area contributed by atoms with Crippen molar-refractivity contribution in [3.8, 4) is 0 Å². The zero-order valence-corrected chi connectivity index (χ0v) is 8.17. The molecule has 0 amide bonds. The van der Waals surface area contributed by atoms with Crippen LogP contribution < -0.4 is 0 Å². The molecule has 0 aromatic carbocycles. The molecular formula is C9H21NO. The summed E-state index contributed by atoms with van der Waals surface area (Å²) in [5.74, 6) is 0.717. The van der Waals surface area contributed by atoms with Crippen LogP contribution >= 0.6 is 0 Å². The molecule has 1 atom stereocenters. The molecule has 68 valence electrons. The van der Waals surface area contributed by atoms with Crippen LogP contribution in [0.5, 0.6) is 0 Å². The van der Waals surface area contributed by atoms with Crippen LogP contribution in [0.2, 0.25) is 0 Å². The molecule has 2 nitrogen and oxygen atoms in total. The van der Waals surface area contributed by atoms with E-state index in [9.17, 15) is 0 Å². The van der Waals surface area contributed by atoms with Gasteiger partial charge in [0.25, 0.3) is 0 Å². The van der Waals surface area contributed by atoms with Gasteiger partial charge in [0, 0.05) is 12.6 Å². The van der Waals surface area contributed by atoms with E-state index in [1.54, 1.807) is 0 Å². The summed E-state index contributed by atoms with van der Waals surface area (Å²) in [6, 6.07) is 0.542. The van der Waals surface area contributed by atoms with E-state index in [1.165, 1.54) is 6.42 Å². The topological polar surface area (TPSA) is 23.5 Å². The van der Waals surface area contributed by atoms with E-state index < -0.39 is 0 Å². The first kappa shape index (κ1) is 10.9. The van der Waals surface area contributed by atoms with Gasteiger partial charge in [-0.25, -0.2) is 0 Å². The average Bonchev–Trinajstić information content (AvgIpc) is 1.86. The maximum absolute atomic E-state index is 8.77. The molecule has 0 radical (unpaired) electrons. The first-order valence-corrected chi connectivity index (χ1v) is 4.35. The Bertz CT molecular complexity index is 91.6. The third-order valence-electron chi connectivity index (χ3n) is 1.94. The van der Waals surface area contributed by atoms with Crippen molar-refractivity contribution >= 4 is 0 Å². The van der Waals surface area contributed by atoms with E-state index in [-0.39, 0.29) is 0 Å². The highest BCUT2D eigenvalue weighted by molar-refractivity contribution is 4.67. The third-order valence-corrected chi connectivity index (χ3v) is 1.94. The van der Waals surface area contributed by atoms with Crippen LogP contribution in [0.4, 0.5) is 0 Å². The largest absolute Gasteiger partial charge is 0.396 e. The molecule has 0 saturated carbocycles. The van der Waals surface area contributed by atoms with Crippen molar-refractivity contribution in [2.24, 2.45) is 5.92 Å². The SMILES string of the molecule is CC(C)CC(CCO)N(C)C. The molecule has 11 heavy (non-hydrogen) atoms. The number of rotatable bonds is 5. The van der Waals surface area contributed by atoms with Crippen LogP contribution in [-0.2, 0) is 0 Å². The predicted molar refractivity (Wildman–Crippen MR) is 48.6 cm³/mol. The lowest BCUT2D eigenvalue weighted by molar-refractivity contribution is 0.189. The summed E-state index contributed by atoms with van der Waals surface area (Å²) >= 11 is 0. The second-order valence-electron chi connectivity index (χ2n) is 3.76. The molecule has 0 spiro atoms. The summed E-state index contributed by atoms with van der Waals surface area (Å²) in [4.78, 5) is 2.19. The summed E-state index contributed by atoms with van der Waals surface area (Å²) in [5, 5.41) is 8.77. The molecule has 0 aromatic rings. The lowest BCUT2D eigenvalue weighted by atomic mass is 10.0. The standard InChI is InChI=1S/C9H21NO/c1-8(2)7-9(5-6-11)10(3)4/h8-9,11H,5-7H2,1-4H3. The lowest BCUT2D eigenvalue weighted by Crippen LogP contribution is -2.30. The molecule has 0 bridgehead atoms. The number of hydrogen-bond acceptors (Lipinski definition) is 2. The van der Waals surface area contributed by atoms with Gasteiger partial charge in [-0.2, -0.15) is 0 Å². The highest BCUT2D eigenvalue weighted by Gasteiger charge is 2.11. The maximum atomic E-state index is 8.77. The van der Waals surface area contributed by atoms with Crippen molar-refractivity contribution in [3.63, 3.8) is 0 Å². The molecular weight excluding hydrogens is 138 g/mol. The minimum atomic E-state index is 0.301. The second kappa shape index (κ2) is 5.56. The molecule has 0 aliphatic heterocycles. The molecule has 0 rings (SSSR count). The smallest absolute Gasteiger partial charge is 0.0445 e. The van der Waals surface area contributed by atoms with Gasteiger partial charge in [-0.3, -0.25) is 0 Å². The van der Waals surface area contributed by atoms with Gasteiger partial charge in [0.15, 0.2) is 0 Å². The van der Waals surface area contributed by atoms with Gasteiger partial charge in [0.05, 0.1) is 0 Å². The highest BCUT2D eigenvalue weighted by atomic mass is 16.3. The summed E-state index contributed by atoms with van der Waals surface area (Å²) in [5.41, 5.74) is 0. The van der Waals surface area contributed by atoms with Gasteiger partial charge in [-0.15, -0.1) is 0 Å². The molecule has 1 N–H and O–H groups in total. The Kier molecular flexibility index (Phi) is 5.51. The molecule has 0 aliphatic carbocycles. The first-order valence-electron chi connectivity index (χ1n) is 4.35. The highest BCUT2D eigenvalue weighted by Crippen LogP contribution is 2.11. The number of aliphatic hydroxyl groups excluding tert-OH is 1. The zero-order valence-electron chi connectivity index (χ0n) is 8.17. The quantitative estimate of drug-likeness (QED) is 0.654. The van der Waals surface area contributed by atoms with Crippen molar-refractivity contribution in [1.82, 2.24) is 4.90 Å². The molecule has 1 unspecified atom stereocenters. The molecule has 0 aromatic heterocycles. The fraction of sp³-hybridized carbons (Fsp3) is 1.00. The Hall–Kier alpha value is -0.0800. The van der Waals surface area contributed by atoms with E-state index in [0.717, 1.165) is 6.42 Å². The van der Waals surface area contributed by atoms with Gasteiger partial charge in [-0.05, 0) is 32.9 Å². The van der Waals surface area contributed by atoms with Gasteiger partial charge in [0.2, 0.25) is 0 Å². The summed E-state index contributed by atoms with van der Waals surface area (Å²) in [7, 11) is 4.14. The van der Waals surface area contributed by atoms with Crippen LogP contribution in [0.25, 0.3) is 0 Å². The Morgan fingerprint density at radius 1 is 1.27 bits per heavy atom. The van der Waals surface area contributed by atoms with Crippen LogP contribution in [0.15, 0.2) is 0 Å². The average molecular weight is 159 g/mol. The van der Waals surface area contributed by atoms with Gasteiger partial charge < -0.3 is 10.0 Å². The maximum Gasteiger partial charge on any atom is 0.0445 e. The molecule has 0 fully saturated rings. The van der Waals surface area contributed by atoms with E-state index >= 15 is 0 Å². The Labute approximate surface area is 70.2 Å². The monoisotopic (exact) mass is 159 g/mol. The van der Waals surface area contributed by atoms with Crippen molar-refractivity contribution < 1.29 is 5.11 Å².